The Morgan fingerprint density at radius 2 is 1.63 bits per heavy atom. The molecule has 1 amide bonds. The van der Waals surface area contributed by atoms with Crippen molar-refractivity contribution in [2.45, 2.75) is 78.2 Å². The summed E-state index contributed by atoms with van der Waals surface area (Å²) in [4.78, 5) is 11.7. The highest BCUT2D eigenvalue weighted by atomic mass is 35.5. The Kier molecular flexibility index (Phi) is 19.5. The predicted molar refractivity (Wildman–Crippen MR) is 180 cm³/mol. The first-order valence-corrected chi connectivity index (χ1v) is 15.3. The molecule has 0 aromatic heterocycles. The van der Waals surface area contributed by atoms with Crippen molar-refractivity contribution in [3.8, 4) is 12.3 Å². The van der Waals surface area contributed by atoms with Gasteiger partial charge in [-0.05, 0) is 74.3 Å². The zero-order valence-electron chi connectivity index (χ0n) is 26.9. The lowest BCUT2D eigenvalue weighted by molar-refractivity contribution is -0.0538. The van der Waals surface area contributed by atoms with Crippen molar-refractivity contribution in [1.82, 2.24) is 5.32 Å². The van der Waals surface area contributed by atoms with E-state index in [0.29, 0.717) is 12.8 Å². The molecule has 0 bridgehead atoms. The van der Waals surface area contributed by atoms with Crippen LogP contribution in [0.1, 0.15) is 67.3 Å². The summed E-state index contributed by atoms with van der Waals surface area (Å²) in [6.45, 7) is 8.87. The molecule has 1 unspecified atom stereocenters. The molecule has 0 aliphatic heterocycles. The van der Waals surface area contributed by atoms with Gasteiger partial charge in [-0.1, -0.05) is 104 Å². The predicted octanol–water partition coefficient (Wildman–Crippen LogP) is 8.91. The molecule has 43 heavy (non-hydrogen) atoms. The Balaban J connectivity index is 0.000000413. The molecule has 1 N–H and O–H groups in total. The summed E-state index contributed by atoms with van der Waals surface area (Å²) in [7, 11) is 2.86. The molecular formula is C37H50ClNO4. The zero-order chi connectivity index (χ0) is 31.9. The lowest BCUT2D eigenvalue weighted by Gasteiger charge is -2.32. The highest BCUT2D eigenvalue weighted by molar-refractivity contribution is 6.31. The second-order valence-corrected chi connectivity index (χ2v) is 11.0. The second kappa shape index (κ2) is 22.3. The SMILES string of the molecule is C#CCC(CCCc1ccc(C)cc1Cl)(COCOC)NC(=O)OC.CCCc1cccc(C)c1.CCc1ccccc1. The third-order valence-electron chi connectivity index (χ3n) is 6.75. The normalized spacial score (nSPS) is 11.5. The zero-order valence-corrected chi connectivity index (χ0v) is 27.6. The minimum absolute atomic E-state index is 0.124. The van der Waals surface area contributed by atoms with Crippen LogP contribution in [0.3, 0.4) is 0 Å². The summed E-state index contributed by atoms with van der Waals surface area (Å²) in [6, 6.07) is 25.2. The number of hydrogen-bond acceptors (Lipinski definition) is 4. The van der Waals surface area contributed by atoms with Crippen molar-refractivity contribution < 1.29 is 19.0 Å². The van der Waals surface area contributed by atoms with Crippen LogP contribution in [-0.4, -0.2) is 39.3 Å². The van der Waals surface area contributed by atoms with Crippen molar-refractivity contribution in [3.05, 3.63) is 106 Å². The number of hydrogen-bond donors (Lipinski definition) is 1. The number of halogens is 1. The van der Waals surface area contributed by atoms with Gasteiger partial charge in [0.15, 0.2) is 0 Å². The molecule has 234 valence electrons. The minimum atomic E-state index is -0.711. The molecule has 0 aliphatic carbocycles. The summed E-state index contributed by atoms with van der Waals surface area (Å²) in [5, 5.41) is 3.58. The number of methoxy groups -OCH3 is 2. The van der Waals surface area contributed by atoms with E-state index in [1.54, 1.807) is 0 Å². The molecular weight excluding hydrogens is 558 g/mol. The molecule has 0 heterocycles. The Morgan fingerprint density at radius 1 is 0.930 bits per heavy atom. The lowest BCUT2D eigenvalue weighted by atomic mass is 9.89. The quantitative estimate of drug-likeness (QED) is 0.120. The number of alkyl carbamates (subject to hydrolysis) is 1. The molecule has 0 aliphatic rings. The topological polar surface area (TPSA) is 56.8 Å². The van der Waals surface area contributed by atoms with Crippen LogP contribution in [-0.2, 0) is 33.5 Å². The lowest BCUT2D eigenvalue weighted by Crippen LogP contribution is -2.52. The van der Waals surface area contributed by atoms with Gasteiger partial charge in [-0.15, -0.1) is 12.3 Å². The van der Waals surface area contributed by atoms with Gasteiger partial charge in [0.2, 0.25) is 0 Å². The molecule has 0 saturated carbocycles. The van der Waals surface area contributed by atoms with E-state index >= 15 is 0 Å². The molecule has 3 aromatic rings. The number of nitrogens with one attached hydrogen (secondary N) is 1. The number of aryl methyl sites for hydroxylation is 5. The van der Waals surface area contributed by atoms with Gasteiger partial charge in [0.1, 0.15) is 6.79 Å². The molecule has 6 heteroatoms. The molecule has 1 atom stereocenters. The maximum absolute atomic E-state index is 11.7. The van der Waals surface area contributed by atoms with E-state index in [-0.39, 0.29) is 13.4 Å². The summed E-state index contributed by atoms with van der Waals surface area (Å²) in [5.41, 5.74) is 5.71. The van der Waals surface area contributed by atoms with Gasteiger partial charge in [0, 0.05) is 18.6 Å². The van der Waals surface area contributed by atoms with Crippen molar-refractivity contribution in [1.29, 1.82) is 0 Å². The van der Waals surface area contributed by atoms with Gasteiger partial charge in [-0.25, -0.2) is 4.79 Å². The van der Waals surface area contributed by atoms with Crippen molar-refractivity contribution in [2.24, 2.45) is 0 Å². The van der Waals surface area contributed by atoms with Gasteiger partial charge >= 0.3 is 6.09 Å². The van der Waals surface area contributed by atoms with Crippen molar-refractivity contribution in [2.75, 3.05) is 27.6 Å². The maximum Gasteiger partial charge on any atom is 0.407 e. The van der Waals surface area contributed by atoms with Crippen LogP contribution >= 0.6 is 11.6 Å². The smallest absolute Gasteiger partial charge is 0.407 e. The molecule has 0 spiro atoms. The molecule has 0 fully saturated rings. The standard InChI is InChI=1S/C19H26ClNO4.C10H14.C8H10/c1-5-10-19(13-25-14-23-3,21-18(22)24-4)11-6-7-16-9-8-15(2)12-17(16)20;1-3-5-10-7-4-6-9(2)8-10;1-2-8-6-4-3-5-7-8/h1,8-9,12H,6-7,10-11,13-14H2,2-4H3,(H,21,22);4,6-8H,3,5H2,1-2H3;3-7H,2H2,1H3. The van der Waals surface area contributed by atoms with E-state index in [1.807, 2.05) is 31.2 Å². The number of benzene rings is 3. The monoisotopic (exact) mass is 607 g/mol. The Bertz CT molecular complexity index is 1220. The van der Waals surface area contributed by atoms with Crippen molar-refractivity contribution in [3.63, 3.8) is 0 Å². The first-order valence-electron chi connectivity index (χ1n) is 14.9. The average molecular weight is 608 g/mol. The number of terminal acetylenes is 1. The number of amides is 1. The largest absolute Gasteiger partial charge is 0.453 e. The Morgan fingerprint density at radius 3 is 2.19 bits per heavy atom. The average Bonchev–Trinajstić information content (AvgIpc) is 3.00. The van der Waals surface area contributed by atoms with Crippen LogP contribution in [0, 0.1) is 26.2 Å². The van der Waals surface area contributed by atoms with E-state index in [0.717, 1.165) is 35.4 Å². The summed E-state index contributed by atoms with van der Waals surface area (Å²) < 4.78 is 15.1. The van der Waals surface area contributed by atoms with Gasteiger partial charge in [0.05, 0.1) is 19.3 Å². The molecule has 3 aromatic carbocycles. The van der Waals surface area contributed by atoms with E-state index in [9.17, 15) is 4.79 Å². The summed E-state index contributed by atoms with van der Waals surface area (Å²) in [5.74, 6) is 2.62. The molecule has 3 rings (SSSR count). The Hall–Kier alpha value is -3.30. The molecule has 0 saturated heterocycles. The Labute approximate surface area is 265 Å². The highest BCUT2D eigenvalue weighted by Gasteiger charge is 2.32. The summed E-state index contributed by atoms with van der Waals surface area (Å²) >= 11 is 6.29. The van der Waals surface area contributed by atoms with E-state index in [4.69, 9.17) is 32.2 Å². The van der Waals surface area contributed by atoms with E-state index in [1.165, 1.54) is 43.8 Å². The number of ether oxygens (including phenoxy) is 3. The van der Waals surface area contributed by atoms with Crippen molar-refractivity contribution >= 4 is 17.7 Å². The van der Waals surface area contributed by atoms with Gasteiger partial charge in [-0.3, -0.25) is 0 Å². The first kappa shape index (κ1) is 37.7. The van der Waals surface area contributed by atoms with Crippen LogP contribution in [0.25, 0.3) is 0 Å². The van der Waals surface area contributed by atoms with Gasteiger partial charge < -0.3 is 19.5 Å². The number of rotatable bonds is 13. The van der Waals surface area contributed by atoms with Crippen LogP contribution < -0.4 is 5.32 Å². The molecule has 5 nitrogen and oxygen atoms in total. The van der Waals surface area contributed by atoms with E-state index < -0.39 is 11.6 Å². The number of carbonyl (C=O) groups excluding carboxylic acids is 1. The third-order valence-corrected chi connectivity index (χ3v) is 7.11. The van der Waals surface area contributed by atoms with E-state index in [2.05, 4.69) is 80.5 Å². The maximum atomic E-state index is 11.7. The minimum Gasteiger partial charge on any atom is -0.453 e. The van der Waals surface area contributed by atoms with Crippen LogP contribution in [0.2, 0.25) is 5.02 Å². The third kappa shape index (κ3) is 16.2. The van der Waals surface area contributed by atoms with Gasteiger partial charge in [0.25, 0.3) is 0 Å². The fraction of sp³-hybridized carbons (Fsp3) is 0.432. The van der Waals surface area contributed by atoms with Gasteiger partial charge in [-0.2, -0.15) is 0 Å². The van der Waals surface area contributed by atoms with Crippen LogP contribution in [0.5, 0.6) is 0 Å². The highest BCUT2D eigenvalue weighted by Crippen LogP contribution is 2.24. The second-order valence-electron chi connectivity index (χ2n) is 10.6. The fourth-order valence-electron chi connectivity index (χ4n) is 4.48. The number of carbonyl (C=O) groups is 1. The molecule has 0 radical (unpaired) electrons. The fourth-order valence-corrected chi connectivity index (χ4v) is 4.81. The summed E-state index contributed by atoms with van der Waals surface area (Å²) in [6.07, 6.45) is 11.1. The van der Waals surface area contributed by atoms with Crippen LogP contribution in [0.15, 0.2) is 72.8 Å². The van der Waals surface area contributed by atoms with Crippen LogP contribution in [0.4, 0.5) is 4.79 Å². The first-order chi connectivity index (χ1) is 20.7.